The first kappa shape index (κ1) is 8.78. The summed E-state index contributed by atoms with van der Waals surface area (Å²) in [7, 11) is 0. The molecule has 0 amide bonds. The van der Waals surface area contributed by atoms with Crippen LogP contribution in [0.15, 0.2) is 36.0 Å². The lowest BCUT2D eigenvalue weighted by Crippen LogP contribution is -2.07. The average Bonchev–Trinajstić information content (AvgIpc) is 2.05. The molecule has 0 aromatic rings. The molecule has 0 atom stereocenters. The van der Waals surface area contributed by atoms with Gasteiger partial charge in [0, 0.05) is 0 Å². The molecule has 0 saturated heterocycles. The lowest BCUT2D eigenvalue weighted by Gasteiger charge is -2.06. The van der Waals surface area contributed by atoms with Crippen molar-refractivity contribution >= 4 is 5.97 Å². The summed E-state index contributed by atoms with van der Waals surface area (Å²) in [5, 5.41) is 0. The first-order chi connectivity index (χ1) is 5.74. The Labute approximate surface area is 72.2 Å². The average molecular weight is 164 g/mol. The maximum atomic E-state index is 11.2. The van der Waals surface area contributed by atoms with Gasteiger partial charge in [-0.2, -0.15) is 0 Å². The fourth-order valence-electron chi connectivity index (χ4n) is 1.01. The third kappa shape index (κ3) is 2.09. The highest BCUT2D eigenvalue weighted by atomic mass is 16.5. The second-order valence-corrected chi connectivity index (χ2v) is 2.58. The standard InChI is InChI=1S/C10H12O2/c1-3-12-10(11)9-6-4-5-8(2)7-9/h4,6-7H,2-3,5H2,1H3. The summed E-state index contributed by atoms with van der Waals surface area (Å²) in [6.45, 7) is 5.98. The quantitative estimate of drug-likeness (QED) is 0.583. The van der Waals surface area contributed by atoms with Gasteiger partial charge in [-0.1, -0.05) is 24.3 Å². The number of carbonyl (C=O) groups excluding carboxylic acids is 1. The molecule has 1 rings (SSSR count). The molecule has 0 radical (unpaired) electrons. The molecule has 0 spiro atoms. The summed E-state index contributed by atoms with van der Waals surface area (Å²) in [5.74, 6) is -0.269. The van der Waals surface area contributed by atoms with Crippen LogP contribution in [0, 0.1) is 0 Å². The largest absolute Gasteiger partial charge is 0.462 e. The van der Waals surface area contributed by atoms with Crippen LogP contribution in [0.4, 0.5) is 0 Å². The van der Waals surface area contributed by atoms with Gasteiger partial charge in [0.2, 0.25) is 0 Å². The number of esters is 1. The van der Waals surface area contributed by atoms with Crippen molar-refractivity contribution < 1.29 is 9.53 Å². The van der Waals surface area contributed by atoms with E-state index in [0.29, 0.717) is 12.2 Å². The molecule has 2 heteroatoms. The normalized spacial score (nSPS) is 15.8. The zero-order chi connectivity index (χ0) is 8.97. The molecule has 0 fully saturated rings. The Balaban J connectivity index is 2.68. The van der Waals surface area contributed by atoms with Crippen molar-refractivity contribution in [2.75, 3.05) is 6.61 Å². The highest BCUT2D eigenvalue weighted by molar-refractivity contribution is 5.92. The van der Waals surface area contributed by atoms with Crippen LogP contribution in [0.25, 0.3) is 0 Å². The molecule has 12 heavy (non-hydrogen) atoms. The molecule has 0 aromatic carbocycles. The van der Waals surface area contributed by atoms with Gasteiger partial charge in [-0.3, -0.25) is 0 Å². The van der Waals surface area contributed by atoms with E-state index in [0.717, 1.165) is 12.0 Å². The van der Waals surface area contributed by atoms with E-state index < -0.39 is 0 Å². The Bertz CT molecular complexity index is 259. The molecule has 0 N–H and O–H groups in total. The smallest absolute Gasteiger partial charge is 0.338 e. The second-order valence-electron chi connectivity index (χ2n) is 2.58. The minimum absolute atomic E-state index is 0.269. The highest BCUT2D eigenvalue weighted by Crippen LogP contribution is 2.14. The molecule has 0 unspecified atom stereocenters. The molecule has 1 aliphatic carbocycles. The van der Waals surface area contributed by atoms with Crippen LogP contribution in [0.5, 0.6) is 0 Å². The van der Waals surface area contributed by atoms with E-state index in [-0.39, 0.29) is 5.97 Å². The van der Waals surface area contributed by atoms with Crippen molar-refractivity contribution in [2.24, 2.45) is 0 Å². The topological polar surface area (TPSA) is 26.3 Å². The fourth-order valence-corrected chi connectivity index (χ4v) is 1.01. The zero-order valence-electron chi connectivity index (χ0n) is 7.17. The third-order valence-electron chi connectivity index (χ3n) is 1.55. The molecule has 1 aliphatic rings. The van der Waals surface area contributed by atoms with Crippen LogP contribution in [-0.2, 0) is 9.53 Å². The maximum Gasteiger partial charge on any atom is 0.338 e. The van der Waals surface area contributed by atoms with Crippen molar-refractivity contribution in [1.29, 1.82) is 0 Å². The van der Waals surface area contributed by atoms with Gasteiger partial charge >= 0.3 is 5.97 Å². The summed E-state index contributed by atoms with van der Waals surface area (Å²) in [5.41, 5.74) is 1.54. The molecule has 0 aromatic heterocycles. The fraction of sp³-hybridized carbons (Fsp3) is 0.300. The van der Waals surface area contributed by atoms with Gasteiger partial charge in [-0.05, 0) is 19.4 Å². The molecule has 0 bridgehead atoms. The Hall–Kier alpha value is -1.31. The van der Waals surface area contributed by atoms with Crippen molar-refractivity contribution in [1.82, 2.24) is 0 Å². The minimum Gasteiger partial charge on any atom is -0.462 e. The van der Waals surface area contributed by atoms with E-state index >= 15 is 0 Å². The lowest BCUT2D eigenvalue weighted by atomic mass is 10.0. The number of allylic oxidation sites excluding steroid dienone is 3. The Morgan fingerprint density at radius 1 is 1.75 bits per heavy atom. The third-order valence-corrected chi connectivity index (χ3v) is 1.55. The van der Waals surface area contributed by atoms with Crippen LogP contribution in [-0.4, -0.2) is 12.6 Å². The van der Waals surface area contributed by atoms with Crippen molar-refractivity contribution in [3.8, 4) is 0 Å². The van der Waals surface area contributed by atoms with E-state index in [1.54, 1.807) is 19.1 Å². The molecule has 2 nitrogen and oxygen atoms in total. The van der Waals surface area contributed by atoms with Crippen LogP contribution in [0.3, 0.4) is 0 Å². The van der Waals surface area contributed by atoms with Gasteiger partial charge in [0.05, 0.1) is 12.2 Å². The molecule has 0 heterocycles. The predicted molar refractivity (Wildman–Crippen MR) is 47.6 cm³/mol. The molecule has 0 aliphatic heterocycles. The molecular formula is C10H12O2. The van der Waals surface area contributed by atoms with Crippen molar-refractivity contribution in [3.63, 3.8) is 0 Å². The monoisotopic (exact) mass is 164 g/mol. The number of ether oxygens (including phenoxy) is 1. The summed E-state index contributed by atoms with van der Waals surface area (Å²) in [4.78, 5) is 11.2. The zero-order valence-corrected chi connectivity index (χ0v) is 7.17. The Kier molecular flexibility index (Phi) is 2.86. The second kappa shape index (κ2) is 3.90. The summed E-state index contributed by atoms with van der Waals surface area (Å²) < 4.78 is 4.83. The van der Waals surface area contributed by atoms with Crippen LogP contribution >= 0.6 is 0 Å². The van der Waals surface area contributed by atoms with E-state index in [1.807, 2.05) is 6.08 Å². The van der Waals surface area contributed by atoms with E-state index in [9.17, 15) is 4.79 Å². The summed E-state index contributed by atoms with van der Waals surface area (Å²) in [6.07, 6.45) is 6.27. The SMILES string of the molecule is C=C1C=C(C(=O)OCC)C=CC1. The molecule has 64 valence electrons. The van der Waals surface area contributed by atoms with Gasteiger partial charge in [0.25, 0.3) is 0 Å². The number of hydrogen-bond acceptors (Lipinski definition) is 2. The highest BCUT2D eigenvalue weighted by Gasteiger charge is 2.09. The number of rotatable bonds is 2. The Morgan fingerprint density at radius 3 is 3.08 bits per heavy atom. The van der Waals surface area contributed by atoms with Gasteiger partial charge in [-0.25, -0.2) is 4.79 Å². The van der Waals surface area contributed by atoms with E-state index in [2.05, 4.69) is 6.58 Å². The summed E-state index contributed by atoms with van der Waals surface area (Å²) in [6, 6.07) is 0. The van der Waals surface area contributed by atoms with Crippen LogP contribution in [0.1, 0.15) is 13.3 Å². The lowest BCUT2D eigenvalue weighted by molar-refractivity contribution is -0.138. The predicted octanol–water partition coefficient (Wildman–Crippen LogP) is 1.99. The van der Waals surface area contributed by atoms with Crippen LogP contribution in [0.2, 0.25) is 0 Å². The van der Waals surface area contributed by atoms with Crippen molar-refractivity contribution in [2.45, 2.75) is 13.3 Å². The molecular weight excluding hydrogens is 152 g/mol. The Morgan fingerprint density at radius 2 is 2.50 bits per heavy atom. The first-order valence-electron chi connectivity index (χ1n) is 3.97. The van der Waals surface area contributed by atoms with Gasteiger partial charge in [0.1, 0.15) is 0 Å². The first-order valence-corrected chi connectivity index (χ1v) is 3.97. The number of hydrogen-bond donors (Lipinski definition) is 0. The van der Waals surface area contributed by atoms with E-state index in [4.69, 9.17) is 4.74 Å². The van der Waals surface area contributed by atoms with Gasteiger partial charge < -0.3 is 4.74 Å². The minimum atomic E-state index is -0.269. The van der Waals surface area contributed by atoms with Gasteiger partial charge in [-0.15, -0.1) is 0 Å². The molecule has 0 saturated carbocycles. The van der Waals surface area contributed by atoms with E-state index in [1.165, 1.54) is 0 Å². The van der Waals surface area contributed by atoms with Gasteiger partial charge in [0.15, 0.2) is 0 Å². The van der Waals surface area contributed by atoms with Crippen molar-refractivity contribution in [3.05, 3.63) is 36.0 Å². The summed E-state index contributed by atoms with van der Waals surface area (Å²) >= 11 is 0. The number of carbonyl (C=O) groups is 1. The maximum absolute atomic E-state index is 11.2. The van der Waals surface area contributed by atoms with Crippen LogP contribution < -0.4 is 0 Å².